The van der Waals surface area contributed by atoms with Crippen LogP contribution in [0, 0.1) is 0 Å². The molecule has 1 aliphatic heterocycles. The maximum Gasteiger partial charge on any atom is 0.249 e. The Morgan fingerprint density at radius 2 is 1.77 bits per heavy atom. The molecule has 4 nitrogen and oxygen atoms in total. The highest BCUT2D eigenvalue weighted by Gasteiger charge is 2.53. The van der Waals surface area contributed by atoms with Crippen molar-refractivity contribution >= 4 is 41.1 Å². The Labute approximate surface area is 187 Å². The first-order chi connectivity index (χ1) is 14.5. The Morgan fingerprint density at radius 1 is 1.03 bits per heavy atom. The van der Waals surface area contributed by atoms with Crippen LogP contribution in [-0.4, -0.2) is 29.7 Å². The fourth-order valence-corrected chi connectivity index (χ4v) is 5.48. The fourth-order valence-electron chi connectivity index (χ4n) is 5.10. The Morgan fingerprint density at radius 3 is 2.47 bits per heavy atom. The molecule has 2 aromatic carbocycles. The van der Waals surface area contributed by atoms with Crippen LogP contribution in [0.2, 0.25) is 10.0 Å². The molecule has 1 amide bonds. The average molecular weight is 445 g/mol. The molecule has 1 heterocycles. The molecule has 0 aromatic heterocycles. The fraction of sp³-hybridized carbons (Fsp3) is 0.417. The molecular formula is C24H26Cl2N2O2. The average Bonchev–Trinajstić information content (AvgIpc) is 2.88. The van der Waals surface area contributed by atoms with Gasteiger partial charge in [0.2, 0.25) is 5.91 Å². The van der Waals surface area contributed by atoms with Crippen LogP contribution in [0.4, 0.5) is 5.69 Å². The molecule has 1 N–H and O–H groups in total. The number of carbonyl (C=O) groups excluding carboxylic acids is 2. The van der Waals surface area contributed by atoms with E-state index in [4.69, 9.17) is 23.2 Å². The van der Waals surface area contributed by atoms with Gasteiger partial charge in [0.25, 0.3) is 0 Å². The normalized spacial score (nSPS) is 21.9. The van der Waals surface area contributed by atoms with Crippen LogP contribution < -0.4 is 5.32 Å². The topological polar surface area (TPSA) is 49.4 Å². The van der Waals surface area contributed by atoms with Crippen LogP contribution in [0.5, 0.6) is 0 Å². The monoisotopic (exact) mass is 444 g/mol. The number of nitrogens with zero attached hydrogens (tertiary/aromatic N) is 1. The van der Waals surface area contributed by atoms with Crippen molar-refractivity contribution in [2.75, 3.05) is 11.9 Å². The van der Waals surface area contributed by atoms with Gasteiger partial charge in [0.05, 0.1) is 6.54 Å². The lowest BCUT2D eigenvalue weighted by Gasteiger charge is -2.44. The van der Waals surface area contributed by atoms with Crippen molar-refractivity contribution in [3.8, 4) is 0 Å². The Kier molecular flexibility index (Phi) is 6.47. The number of hydrogen-bond donors (Lipinski definition) is 1. The Hall–Kier alpha value is -1.88. The molecule has 1 atom stereocenters. The maximum absolute atomic E-state index is 13.7. The molecule has 1 aliphatic carbocycles. The lowest BCUT2D eigenvalue weighted by atomic mass is 9.81. The molecule has 30 heavy (non-hydrogen) atoms. The summed E-state index contributed by atoms with van der Waals surface area (Å²) in [6, 6.07) is 13.3. The SMILES string of the molecule is O=CCN(C1CCCCCC1)C1(Cc2cccc(Cl)c2)C(=O)Nc2cc(Cl)ccc21. The summed E-state index contributed by atoms with van der Waals surface area (Å²) in [4.78, 5) is 27.6. The van der Waals surface area contributed by atoms with Gasteiger partial charge in [-0.05, 0) is 42.7 Å². The number of carbonyl (C=O) groups is 2. The number of amides is 1. The summed E-state index contributed by atoms with van der Waals surface area (Å²) < 4.78 is 0. The van der Waals surface area contributed by atoms with Crippen molar-refractivity contribution in [3.05, 3.63) is 63.6 Å². The van der Waals surface area contributed by atoms with Gasteiger partial charge in [-0.1, -0.05) is 67.1 Å². The Balaban J connectivity index is 1.86. The van der Waals surface area contributed by atoms with E-state index < -0.39 is 5.54 Å². The first kappa shape index (κ1) is 21.4. The molecular weight excluding hydrogens is 419 g/mol. The molecule has 0 radical (unpaired) electrons. The smallest absolute Gasteiger partial charge is 0.249 e. The maximum atomic E-state index is 13.7. The second-order valence-corrected chi connectivity index (χ2v) is 9.15. The lowest BCUT2D eigenvalue weighted by molar-refractivity contribution is -0.131. The third-order valence-corrected chi connectivity index (χ3v) is 6.90. The number of hydrogen-bond acceptors (Lipinski definition) is 3. The van der Waals surface area contributed by atoms with Crippen molar-refractivity contribution in [2.45, 2.75) is 56.5 Å². The number of rotatable bonds is 6. The molecule has 0 spiro atoms. The molecule has 1 saturated carbocycles. The third kappa shape index (κ3) is 4.01. The van der Waals surface area contributed by atoms with Crippen molar-refractivity contribution < 1.29 is 9.59 Å². The predicted molar refractivity (Wildman–Crippen MR) is 121 cm³/mol. The van der Waals surface area contributed by atoms with E-state index in [-0.39, 0.29) is 18.5 Å². The number of fused-ring (bicyclic) bond motifs is 1. The van der Waals surface area contributed by atoms with Gasteiger partial charge in [-0.3, -0.25) is 9.69 Å². The number of halogens is 2. The van der Waals surface area contributed by atoms with E-state index in [9.17, 15) is 9.59 Å². The van der Waals surface area contributed by atoms with E-state index >= 15 is 0 Å². The van der Waals surface area contributed by atoms with Crippen LogP contribution in [0.3, 0.4) is 0 Å². The van der Waals surface area contributed by atoms with Gasteiger partial charge < -0.3 is 10.1 Å². The first-order valence-corrected chi connectivity index (χ1v) is 11.4. The van der Waals surface area contributed by atoms with Crippen molar-refractivity contribution in [2.24, 2.45) is 0 Å². The summed E-state index contributed by atoms with van der Waals surface area (Å²) in [5, 5.41) is 4.25. The molecule has 2 aliphatic rings. The van der Waals surface area contributed by atoms with Gasteiger partial charge in [-0.2, -0.15) is 0 Å². The molecule has 0 bridgehead atoms. The number of benzene rings is 2. The van der Waals surface area contributed by atoms with Gasteiger partial charge in [-0.15, -0.1) is 0 Å². The second-order valence-electron chi connectivity index (χ2n) is 8.28. The Bertz CT molecular complexity index is 941. The third-order valence-electron chi connectivity index (χ3n) is 6.43. The summed E-state index contributed by atoms with van der Waals surface area (Å²) in [5.74, 6) is -0.106. The van der Waals surface area contributed by atoms with E-state index in [1.165, 1.54) is 12.8 Å². The molecule has 1 fully saturated rings. The van der Waals surface area contributed by atoms with E-state index in [2.05, 4.69) is 10.2 Å². The molecule has 2 aromatic rings. The number of nitrogens with one attached hydrogen (secondary N) is 1. The summed E-state index contributed by atoms with van der Waals surface area (Å²) in [7, 11) is 0. The largest absolute Gasteiger partial charge is 0.324 e. The van der Waals surface area contributed by atoms with Crippen molar-refractivity contribution in [1.29, 1.82) is 0 Å². The highest BCUT2D eigenvalue weighted by atomic mass is 35.5. The second kappa shape index (κ2) is 9.09. The van der Waals surface area contributed by atoms with Crippen LogP contribution in [0.1, 0.15) is 49.7 Å². The van der Waals surface area contributed by atoms with Crippen LogP contribution >= 0.6 is 23.2 Å². The molecule has 1 unspecified atom stereocenters. The number of aldehydes is 1. The van der Waals surface area contributed by atoms with Gasteiger partial charge >= 0.3 is 0 Å². The van der Waals surface area contributed by atoms with Gasteiger partial charge in [0.15, 0.2) is 0 Å². The first-order valence-electron chi connectivity index (χ1n) is 10.6. The standard InChI is InChI=1S/C24H26Cl2N2O2/c25-18-7-5-6-17(14-18)16-24(21-11-10-19(26)15-22(21)27-23(24)30)28(12-13-29)20-8-3-1-2-4-9-20/h5-7,10-11,13-15,20H,1-4,8-9,12,16H2,(H,27,30). The zero-order valence-electron chi connectivity index (χ0n) is 16.9. The minimum atomic E-state index is -0.972. The van der Waals surface area contributed by atoms with Crippen LogP contribution in [0.15, 0.2) is 42.5 Å². The number of anilines is 1. The quantitative estimate of drug-likeness (QED) is 0.465. The molecule has 0 saturated heterocycles. The van der Waals surface area contributed by atoms with E-state index in [1.54, 1.807) is 6.07 Å². The van der Waals surface area contributed by atoms with Crippen molar-refractivity contribution in [1.82, 2.24) is 4.90 Å². The zero-order chi connectivity index (χ0) is 21.1. The highest BCUT2D eigenvalue weighted by Crippen LogP contribution is 2.46. The van der Waals surface area contributed by atoms with Crippen LogP contribution in [-0.2, 0) is 21.5 Å². The van der Waals surface area contributed by atoms with Gasteiger partial charge in [0, 0.05) is 33.8 Å². The summed E-state index contributed by atoms with van der Waals surface area (Å²) >= 11 is 12.5. The summed E-state index contributed by atoms with van der Waals surface area (Å²) in [6.07, 6.45) is 7.97. The van der Waals surface area contributed by atoms with E-state index in [1.807, 2.05) is 36.4 Å². The van der Waals surface area contributed by atoms with Crippen molar-refractivity contribution in [3.63, 3.8) is 0 Å². The van der Waals surface area contributed by atoms with Crippen LogP contribution in [0.25, 0.3) is 0 Å². The van der Waals surface area contributed by atoms with E-state index in [0.29, 0.717) is 16.5 Å². The predicted octanol–water partition coefficient (Wildman–Crippen LogP) is 5.61. The zero-order valence-corrected chi connectivity index (χ0v) is 18.4. The highest BCUT2D eigenvalue weighted by molar-refractivity contribution is 6.31. The minimum absolute atomic E-state index is 0.106. The lowest BCUT2D eigenvalue weighted by Crippen LogP contribution is -2.57. The molecule has 6 heteroatoms. The molecule has 158 valence electrons. The van der Waals surface area contributed by atoms with Gasteiger partial charge in [-0.25, -0.2) is 0 Å². The molecule has 4 rings (SSSR count). The van der Waals surface area contributed by atoms with Gasteiger partial charge in [0.1, 0.15) is 11.8 Å². The summed E-state index contributed by atoms with van der Waals surface area (Å²) in [6.45, 7) is 0.209. The minimum Gasteiger partial charge on any atom is -0.324 e. The van der Waals surface area contributed by atoms with E-state index in [0.717, 1.165) is 48.8 Å². The summed E-state index contributed by atoms with van der Waals surface area (Å²) in [5.41, 5.74) is 1.59.